The van der Waals surface area contributed by atoms with Gasteiger partial charge in [-0.1, -0.05) is 80.4 Å². The molecule has 0 spiro atoms. The van der Waals surface area contributed by atoms with Crippen molar-refractivity contribution in [3.05, 3.63) is 117 Å². The van der Waals surface area contributed by atoms with Gasteiger partial charge in [-0.15, -0.1) is 0 Å². The number of carbonyl (C=O) groups excluding carboxylic acids is 2. The first-order valence-corrected chi connectivity index (χ1v) is 15.2. The topological polar surface area (TPSA) is 162 Å². The number of hydrogen-bond donors (Lipinski definition) is 1. The number of benzene rings is 3. The summed E-state index contributed by atoms with van der Waals surface area (Å²) in [5, 5.41) is 20.2. The van der Waals surface area contributed by atoms with Gasteiger partial charge in [0, 0.05) is 70.6 Å². The third-order valence-corrected chi connectivity index (χ3v) is 7.26. The maximum Gasteiger partial charge on any atom is 0.159 e. The quantitative estimate of drug-likeness (QED) is 0.109. The van der Waals surface area contributed by atoms with Crippen LogP contribution >= 0.6 is 31.9 Å². The minimum Gasteiger partial charge on any atom is -0.381 e. The van der Waals surface area contributed by atoms with Crippen LogP contribution < -0.4 is 6.15 Å². The van der Waals surface area contributed by atoms with Crippen LogP contribution in [0.3, 0.4) is 0 Å². The summed E-state index contributed by atoms with van der Waals surface area (Å²) in [4.78, 5) is 21.2. The van der Waals surface area contributed by atoms with Crippen molar-refractivity contribution < 1.29 is 14.3 Å². The van der Waals surface area contributed by atoms with Crippen molar-refractivity contribution >= 4 is 43.9 Å². The van der Waals surface area contributed by atoms with E-state index in [1.807, 2.05) is 67.3 Å². The van der Waals surface area contributed by atoms with Crippen LogP contribution in [0.15, 0.2) is 106 Å². The summed E-state index contributed by atoms with van der Waals surface area (Å²) >= 11 is 6.69. The van der Waals surface area contributed by atoms with Crippen LogP contribution in [-0.4, -0.2) is 44.8 Å². The van der Waals surface area contributed by atoms with E-state index in [-0.39, 0.29) is 11.9 Å². The largest absolute Gasteiger partial charge is 0.381 e. The van der Waals surface area contributed by atoms with Gasteiger partial charge in [-0.3, -0.25) is 19.0 Å². The number of hydrogen-bond acceptors (Lipinski definition) is 8. The lowest BCUT2D eigenvalue weighted by Crippen LogP contribution is -1.93. The van der Waals surface area contributed by atoms with Crippen molar-refractivity contribution in [2.24, 2.45) is 14.1 Å². The minimum absolute atomic E-state index is 0. The molecule has 1 aliphatic rings. The molecule has 0 unspecified atom stereocenters. The van der Waals surface area contributed by atoms with Crippen LogP contribution in [0.5, 0.6) is 0 Å². The van der Waals surface area contributed by atoms with E-state index in [1.54, 1.807) is 48.3 Å². The van der Waals surface area contributed by atoms with Crippen LogP contribution in [0.2, 0.25) is 0 Å². The summed E-state index contributed by atoms with van der Waals surface area (Å²) in [6.07, 6.45) is 6.95. The molecule has 3 heterocycles. The third-order valence-electron chi connectivity index (χ3n) is 6.20. The molecule has 236 valence electrons. The first-order chi connectivity index (χ1) is 21.3. The van der Waals surface area contributed by atoms with E-state index < -0.39 is 0 Å². The summed E-state index contributed by atoms with van der Waals surface area (Å²) in [6.45, 7) is 3.56. The highest BCUT2D eigenvalue weighted by molar-refractivity contribution is 9.10. The Kier molecular flexibility index (Phi) is 18.4. The highest BCUT2D eigenvalue weighted by Gasteiger charge is 2.02. The molecular formula is C33H37Br2N7O3. The lowest BCUT2D eigenvalue weighted by Gasteiger charge is -2.01. The fraction of sp³-hybridized carbons (Fsp3) is 0.212. The standard InChI is InChI=1S/C11H10N2O.C10H9BrN2.C8H7BrO.C4H8O.N2.H3N/c1-13-11(6-7-12-13)10-4-2-9(8-14)3-5-10;1-13-10(6-7-12-13)8-2-4-9(11)5-3-8;1-6(10)7-2-4-8(9)5-3-7;1-2-4-5-3-1;1-2;/h2-8H,1H3;2-7H,1H3;2-5H,1H3;1-4H2;;1H3. The van der Waals surface area contributed by atoms with Gasteiger partial charge in [0.05, 0.1) is 11.4 Å². The molecule has 3 N–H and O–H groups in total. The van der Waals surface area contributed by atoms with Gasteiger partial charge in [0.25, 0.3) is 0 Å². The molecule has 1 aliphatic heterocycles. The van der Waals surface area contributed by atoms with Crippen LogP contribution in [0.1, 0.15) is 40.5 Å². The molecule has 10 nitrogen and oxygen atoms in total. The highest BCUT2D eigenvalue weighted by atomic mass is 79.9. The Bertz CT molecular complexity index is 1570. The van der Waals surface area contributed by atoms with Gasteiger partial charge in [-0.2, -0.15) is 10.2 Å². The zero-order valence-corrected chi connectivity index (χ0v) is 28.7. The van der Waals surface area contributed by atoms with Crippen LogP contribution in [0, 0.1) is 10.8 Å². The molecule has 0 bridgehead atoms. The van der Waals surface area contributed by atoms with Gasteiger partial charge in [-0.05, 0) is 67.3 Å². The van der Waals surface area contributed by atoms with Crippen molar-refractivity contribution in [3.8, 4) is 22.5 Å². The lowest BCUT2D eigenvalue weighted by atomic mass is 10.1. The van der Waals surface area contributed by atoms with Crippen molar-refractivity contribution in [2.45, 2.75) is 19.8 Å². The SMILES string of the molecule is C1CCOC1.CC(=O)c1ccc(Br)cc1.Cn1nccc1-c1ccc(Br)cc1.Cn1nccc1-c1ccc(C=O)cc1.N.N#N. The second-order valence-corrected chi connectivity index (χ2v) is 11.1. The maximum atomic E-state index is 10.7. The predicted octanol–water partition coefficient (Wildman–Crippen LogP) is 8.39. The van der Waals surface area contributed by atoms with Gasteiger partial charge in [0.1, 0.15) is 6.29 Å². The fourth-order valence-corrected chi connectivity index (χ4v) is 4.39. The van der Waals surface area contributed by atoms with Gasteiger partial charge in [0.2, 0.25) is 0 Å². The normalized spacial score (nSPS) is 10.9. The molecule has 0 atom stereocenters. The molecule has 0 radical (unpaired) electrons. The van der Waals surface area contributed by atoms with Crippen LogP contribution in [-0.2, 0) is 18.8 Å². The smallest absolute Gasteiger partial charge is 0.159 e. The van der Waals surface area contributed by atoms with E-state index in [2.05, 4.69) is 54.2 Å². The minimum atomic E-state index is 0. The lowest BCUT2D eigenvalue weighted by molar-refractivity contribution is 0.101. The zero-order chi connectivity index (χ0) is 32.3. The first kappa shape index (κ1) is 38.7. The second-order valence-electron chi connectivity index (χ2n) is 9.31. The Morgan fingerprint density at radius 2 is 1.13 bits per heavy atom. The average Bonchev–Trinajstić information content (AvgIpc) is 3.85. The number of aromatic nitrogens is 4. The summed E-state index contributed by atoms with van der Waals surface area (Å²) in [5.74, 6) is 0.104. The Hall–Kier alpha value is -4.28. The molecule has 6 rings (SSSR count). The van der Waals surface area contributed by atoms with Crippen molar-refractivity contribution in [2.75, 3.05) is 13.2 Å². The highest BCUT2D eigenvalue weighted by Crippen LogP contribution is 2.20. The summed E-state index contributed by atoms with van der Waals surface area (Å²) < 4.78 is 10.7. The first-order valence-electron chi connectivity index (χ1n) is 13.6. The van der Waals surface area contributed by atoms with Crippen LogP contribution in [0.4, 0.5) is 0 Å². The number of Topliss-reactive ketones (excluding diaryl/α,β-unsaturated/α-hetero) is 1. The van der Waals surface area contributed by atoms with E-state index in [0.717, 1.165) is 51.0 Å². The Morgan fingerprint density at radius 3 is 1.44 bits per heavy atom. The van der Waals surface area contributed by atoms with Crippen molar-refractivity contribution in [1.82, 2.24) is 25.7 Å². The molecule has 0 saturated carbocycles. The monoisotopic (exact) mass is 737 g/mol. The van der Waals surface area contributed by atoms with Crippen molar-refractivity contribution in [1.29, 1.82) is 10.8 Å². The van der Waals surface area contributed by atoms with Crippen molar-refractivity contribution in [3.63, 3.8) is 0 Å². The molecule has 1 fully saturated rings. The van der Waals surface area contributed by atoms with Gasteiger partial charge in [-0.25, -0.2) is 0 Å². The van der Waals surface area contributed by atoms with E-state index in [0.29, 0.717) is 5.56 Å². The average molecular weight is 740 g/mol. The number of nitrogens with zero attached hydrogens (tertiary/aromatic N) is 6. The Morgan fingerprint density at radius 1 is 0.733 bits per heavy atom. The molecule has 5 aromatic rings. The van der Waals surface area contributed by atoms with E-state index in [9.17, 15) is 9.59 Å². The second kappa shape index (κ2) is 21.4. The van der Waals surface area contributed by atoms with Crippen LogP contribution in [0.25, 0.3) is 22.5 Å². The fourth-order valence-electron chi connectivity index (χ4n) is 3.86. The molecule has 45 heavy (non-hydrogen) atoms. The molecule has 0 amide bonds. The zero-order valence-electron chi connectivity index (χ0n) is 25.5. The molecule has 2 aromatic heterocycles. The Labute approximate surface area is 280 Å². The predicted molar refractivity (Wildman–Crippen MR) is 183 cm³/mol. The number of aryl methyl sites for hydroxylation is 2. The summed E-state index contributed by atoms with van der Waals surface area (Å²) in [6, 6.07) is 26.9. The Balaban J connectivity index is 0.000000305. The summed E-state index contributed by atoms with van der Waals surface area (Å²) in [5.41, 5.74) is 5.87. The number of ether oxygens (including phenoxy) is 1. The third kappa shape index (κ3) is 13.5. The molecular weight excluding hydrogens is 702 g/mol. The number of halogens is 2. The summed E-state index contributed by atoms with van der Waals surface area (Å²) in [7, 11) is 3.83. The number of ketones is 1. The van der Waals surface area contributed by atoms with E-state index in [4.69, 9.17) is 15.5 Å². The molecule has 12 heteroatoms. The van der Waals surface area contributed by atoms with Gasteiger partial charge < -0.3 is 10.9 Å². The number of rotatable bonds is 4. The van der Waals surface area contributed by atoms with Gasteiger partial charge in [0.15, 0.2) is 5.78 Å². The molecule has 1 saturated heterocycles. The van der Waals surface area contributed by atoms with E-state index in [1.165, 1.54) is 18.4 Å². The number of carbonyl (C=O) groups is 2. The number of aldehydes is 1. The molecule has 0 aliphatic carbocycles. The maximum absolute atomic E-state index is 10.7. The van der Waals surface area contributed by atoms with Gasteiger partial charge >= 0.3 is 0 Å². The van der Waals surface area contributed by atoms with E-state index >= 15 is 0 Å². The molecule has 3 aromatic carbocycles.